The second kappa shape index (κ2) is 9.38. The summed E-state index contributed by atoms with van der Waals surface area (Å²) in [7, 11) is 1.27. The van der Waals surface area contributed by atoms with E-state index in [-0.39, 0.29) is 17.3 Å². The first-order valence-corrected chi connectivity index (χ1v) is 9.76. The first-order chi connectivity index (χ1) is 15.5. The molecule has 6 nitrogen and oxygen atoms in total. The SMILES string of the molecule is COC(=O)c1ccc(OC(Cn2ccnc2)c2ccc(F)cc2)nc1-c1ccc(F)cc1. The monoisotopic (exact) mass is 435 g/mol. The zero-order valence-electron chi connectivity index (χ0n) is 17.1. The van der Waals surface area contributed by atoms with Gasteiger partial charge in [-0.15, -0.1) is 0 Å². The summed E-state index contributed by atoms with van der Waals surface area (Å²) >= 11 is 0. The zero-order chi connectivity index (χ0) is 22.5. The highest BCUT2D eigenvalue weighted by Gasteiger charge is 2.20. The Bertz CT molecular complexity index is 1190. The summed E-state index contributed by atoms with van der Waals surface area (Å²) in [6.45, 7) is 0.401. The minimum Gasteiger partial charge on any atom is -0.468 e. The van der Waals surface area contributed by atoms with Gasteiger partial charge in [0.1, 0.15) is 17.7 Å². The van der Waals surface area contributed by atoms with Crippen LogP contribution in [-0.4, -0.2) is 27.6 Å². The van der Waals surface area contributed by atoms with E-state index < -0.39 is 17.9 Å². The molecular weight excluding hydrogens is 416 g/mol. The summed E-state index contributed by atoms with van der Waals surface area (Å²) in [6, 6.07) is 14.7. The number of pyridine rings is 1. The molecule has 1 unspecified atom stereocenters. The van der Waals surface area contributed by atoms with Crippen LogP contribution in [0.3, 0.4) is 0 Å². The molecule has 2 heterocycles. The summed E-state index contributed by atoms with van der Waals surface area (Å²) < 4.78 is 39.7. The molecule has 1 atom stereocenters. The Hall–Kier alpha value is -4.07. The van der Waals surface area contributed by atoms with Gasteiger partial charge in [0.25, 0.3) is 0 Å². The van der Waals surface area contributed by atoms with Crippen LogP contribution in [0.15, 0.2) is 79.4 Å². The third-order valence-corrected chi connectivity index (χ3v) is 4.83. The van der Waals surface area contributed by atoms with Gasteiger partial charge < -0.3 is 14.0 Å². The lowest BCUT2D eigenvalue weighted by Gasteiger charge is -2.20. The summed E-state index contributed by atoms with van der Waals surface area (Å²) in [5.41, 5.74) is 1.79. The zero-order valence-corrected chi connectivity index (χ0v) is 17.1. The number of ether oxygens (including phenoxy) is 2. The number of benzene rings is 2. The molecular formula is C24H19F2N3O3. The van der Waals surface area contributed by atoms with Crippen molar-refractivity contribution in [2.24, 2.45) is 0 Å². The van der Waals surface area contributed by atoms with Crippen LogP contribution in [0.1, 0.15) is 22.0 Å². The number of halogens is 2. The van der Waals surface area contributed by atoms with Crippen LogP contribution in [-0.2, 0) is 11.3 Å². The van der Waals surface area contributed by atoms with Gasteiger partial charge in [0.2, 0.25) is 5.88 Å². The number of hydrogen-bond donors (Lipinski definition) is 0. The van der Waals surface area contributed by atoms with E-state index in [0.717, 1.165) is 5.56 Å². The third-order valence-electron chi connectivity index (χ3n) is 4.83. The van der Waals surface area contributed by atoms with E-state index in [1.165, 1.54) is 43.5 Å². The van der Waals surface area contributed by atoms with E-state index in [1.54, 1.807) is 43.0 Å². The Morgan fingerprint density at radius 2 is 1.69 bits per heavy atom. The molecule has 4 rings (SSSR count). The second-order valence-electron chi connectivity index (χ2n) is 6.96. The smallest absolute Gasteiger partial charge is 0.340 e. The maximum absolute atomic E-state index is 13.4. The Kier molecular flexibility index (Phi) is 6.21. The molecule has 0 bridgehead atoms. The predicted molar refractivity (Wildman–Crippen MR) is 113 cm³/mol. The topological polar surface area (TPSA) is 66.2 Å². The molecule has 0 spiro atoms. The maximum Gasteiger partial charge on any atom is 0.340 e. The van der Waals surface area contributed by atoms with Crippen LogP contribution in [0.5, 0.6) is 5.88 Å². The van der Waals surface area contributed by atoms with E-state index >= 15 is 0 Å². The average molecular weight is 435 g/mol. The highest BCUT2D eigenvalue weighted by Crippen LogP contribution is 2.29. The van der Waals surface area contributed by atoms with Crippen LogP contribution >= 0.6 is 0 Å². The Morgan fingerprint density at radius 3 is 2.31 bits per heavy atom. The third kappa shape index (κ3) is 4.80. The van der Waals surface area contributed by atoms with Crippen LogP contribution < -0.4 is 4.74 Å². The highest BCUT2D eigenvalue weighted by molar-refractivity contribution is 5.96. The number of rotatable bonds is 7. The van der Waals surface area contributed by atoms with Gasteiger partial charge in [0.05, 0.1) is 31.2 Å². The van der Waals surface area contributed by atoms with Gasteiger partial charge in [-0.25, -0.2) is 23.5 Å². The molecule has 0 radical (unpaired) electrons. The normalized spacial score (nSPS) is 11.7. The fourth-order valence-electron chi connectivity index (χ4n) is 3.23. The number of carbonyl (C=O) groups is 1. The van der Waals surface area contributed by atoms with Crippen molar-refractivity contribution in [3.05, 3.63) is 102 Å². The molecule has 0 aliphatic carbocycles. The molecule has 4 aromatic rings. The second-order valence-corrected chi connectivity index (χ2v) is 6.96. The molecule has 0 aliphatic rings. The van der Waals surface area contributed by atoms with E-state index in [0.29, 0.717) is 17.8 Å². The maximum atomic E-state index is 13.4. The van der Waals surface area contributed by atoms with Crippen LogP contribution in [0, 0.1) is 11.6 Å². The summed E-state index contributed by atoms with van der Waals surface area (Å²) in [6.07, 6.45) is 4.58. The first-order valence-electron chi connectivity index (χ1n) is 9.76. The Morgan fingerprint density at radius 1 is 1.00 bits per heavy atom. The lowest BCUT2D eigenvalue weighted by molar-refractivity contribution is 0.0601. The van der Waals surface area contributed by atoms with Crippen molar-refractivity contribution in [3.8, 4) is 17.1 Å². The van der Waals surface area contributed by atoms with Crippen molar-refractivity contribution < 1.29 is 23.0 Å². The lowest BCUT2D eigenvalue weighted by atomic mass is 10.1. The minimum atomic E-state index is -0.572. The summed E-state index contributed by atoms with van der Waals surface area (Å²) in [5, 5.41) is 0. The number of carbonyl (C=O) groups excluding carboxylic acids is 1. The standard InChI is InChI=1S/C24H19F2N3O3/c1-31-24(30)20-10-11-22(28-23(20)17-4-8-19(26)9-5-17)32-21(14-29-13-12-27-15-29)16-2-6-18(25)7-3-16/h2-13,15,21H,14H2,1H3. The molecule has 0 fully saturated rings. The van der Waals surface area contributed by atoms with Crippen molar-refractivity contribution in [2.75, 3.05) is 7.11 Å². The van der Waals surface area contributed by atoms with Gasteiger partial charge in [-0.2, -0.15) is 0 Å². The van der Waals surface area contributed by atoms with Crippen molar-refractivity contribution in [1.82, 2.24) is 14.5 Å². The van der Waals surface area contributed by atoms with Crippen LogP contribution in [0.25, 0.3) is 11.3 Å². The molecule has 0 saturated heterocycles. The number of imidazole rings is 1. The quantitative estimate of drug-likeness (QED) is 0.389. The molecule has 8 heteroatoms. The van der Waals surface area contributed by atoms with E-state index in [1.807, 2.05) is 4.57 Å². The molecule has 0 saturated carbocycles. The first kappa shape index (κ1) is 21.2. The highest BCUT2D eigenvalue weighted by atomic mass is 19.1. The molecule has 162 valence electrons. The van der Waals surface area contributed by atoms with Crippen molar-refractivity contribution in [2.45, 2.75) is 12.6 Å². The van der Waals surface area contributed by atoms with Gasteiger partial charge in [-0.1, -0.05) is 12.1 Å². The van der Waals surface area contributed by atoms with Gasteiger partial charge in [-0.05, 0) is 48.0 Å². The fourth-order valence-corrected chi connectivity index (χ4v) is 3.23. The van der Waals surface area contributed by atoms with Gasteiger partial charge in [0, 0.05) is 24.0 Å². The number of aromatic nitrogens is 3. The summed E-state index contributed by atoms with van der Waals surface area (Å²) in [5.74, 6) is -1.09. The number of hydrogen-bond acceptors (Lipinski definition) is 5. The molecule has 32 heavy (non-hydrogen) atoms. The van der Waals surface area contributed by atoms with Crippen LogP contribution in [0.4, 0.5) is 8.78 Å². The van der Waals surface area contributed by atoms with Gasteiger partial charge in [0.15, 0.2) is 0 Å². The Balaban J connectivity index is 1.71. The van der Waals surface area contributed by atoms with Gasteiger partial charge >= 0.3 is 5.97 Å². The van der Waals surface area contributed by atoms with Crippen molar-refractivity contribution >= 4 is 5.97 Å². The largest absolute Gasteiger partial charge is 0.468 e. The Labute approximate surface area is 183 Å². The average Bonchev–Trinajstić information content (AvgIpc) is 3.32. The number of nitrogens with zero attached hydrogens (tertiary/aromatic N) is 3. The molecule has 0 N–H and O–H groups in total. The van der Waals surface area contributed by atoms with Crippen LogP contribution in [0.2, 0.25) is 0 Å². The minimum absolute atomic E-state index is 0.222. The van der Waals surface area contributed by atoms with E-state index in [9.17, 15) is 13.6 Å². The van der Waals surface area contributed by atoms with Crippen molar-refractivity contribution in [3.63, 3.8) is 0 Å². The molecule has 0 aliphatic heterocycles. The fraction of sp³-hybridized carbons (Fsp3) is 0.125. The predicted octanol–water partition coefficient (Wildman–Crippen LogP) is 4.83. The van der Waals surface area contributed by atoms with Gasteiger partial charge in [-0.3, -0.25) is 0 Å². The number of esters is 1. The molecule has 2 aromatic heterocycles. The molecule has 0 amide bonds. The van der Waals surface area contributed by atoms with Crippen molar-refractivity contribution in [1.29, 1.82) is 0 Å². The van der Waals surface area contributed by atoms with E-state index in [2.05, 4.69) is 9.97 Å². The summed E-state index contributed by atoms with van der Waals surface area (Å²) in [4.78, 5) is 20.8. The molecule has 2 aromatic carbocycles. The lowest BCUT2D eigenvalue weighted by Crippen LogP contribution is -2.16. The van der Waals surface area contributed by atoms with E-state index in [4.69, 9.17) is 9.47 Å². The number of methoxy groups -OCH3 is 1.